The molecule has 176 valence electrons. The molecule has 1 amide bonds. The topological polar surface area (TPSA) is 76.2 Å². The maximum Gasteiger partial charge on any atom is 0.264 e. The Labute approximate surface area is 199 Å². The Morgan fingerprint density at radius 2 is 1.65 bits per heavy atom. The fourth-order valence-electron chi connectivity index (χ4n) is 4.49. The van der Waals surface area contributed by atoms with Crippen LogP contribution in [0.4, 0.5) is 5.69 Å². The van der Waals surface area contributed by atoms with Crippen LogP contribution in [0.3, 0.4) is 0 Å². The van der Waals surface area contributed by atoms with Crippen LogP contribution in [0.2, 0.25) is 0 Å². The fraction of sp³-hybridized carbons (Fsp3) is 0.269. The Hall–Kier alpha value is -3.52. The van der Waals surface area contributed by atoms with Crippen molar-refractivity contribution in [2.24, 2.45) is 0 Å². The Bertz CT molecular complexity index is 1290. The van der Waals surface area contributed by atoms with Gasteiger partial charge in [0.2, 0.25) is 0 Å². The van der Waals surface area contributed by atoms with Crippen LogP contribution in [0, 0.1) is 0 Å². The quantitative estimate of drug-likeness (QED) is 0.548. The molecule has 0 aliphatic carbocycles. The maximum absolute atomic E-state index is 13.3. The second kappa shape index (κ2) is 9.02. The van der Waals surface area contributed by atoms with Gasteiger partial charge in [0, 0.05) is 19.2 Å². The van der Waals surface area contributed by atoms with Gasteiger partial charge in [-0.3, -0.25) is 9.10 Å². The average molecular weight is 479 g/mol. The number of para-hydroxylation sites is 1. The predicted molar refractivity (Wildman–Crippen MR) is 129 cm³/mol. The minimum absolute atomic E-state index is 0.0593. The first kappa shape index (κ1) is 22.3. The fourth-order valence-corrected chi connectivity index (χ4v) is 5.69. The monoisotopic (exact) mass is 478 g/mol. The molecule has 0 radical (unpaired) electrons. The van der Waals surface area contributed by atoms with E-state index < -0.39 is 10.0 Å². The van der Waals surface area contributed by atoms with Crippen LogP contribution in [-0.4, -0.2) is 46.0 Å². The van der Waals surface area contributed by atoms with Crippen molar-refractivity contribution in [3.63, 3.8) is 0 Å². The molecule has 1 atom stereocenters. The number of nitrogens with zero attached hydrogens (tertiary/aromatic N) is 2. The molecule has 3 aromatic carbocycles. The molecule has 0 saturated carbocycles. The lowest BCUT2D eigenvalue weighted by molar-refractivity contribution is 0.0735. The van der Waals surface area contributed by atoms with E-state index in [1.54, 1.807) is 36.4 Å². The summed E-state index contributed by atoms with van der Waals surface area (Å²) < 4.78 is 38.6. The number of amides is 1. The van der Waals surface area contributed by atoms with Crippen molar-refractivity contribution < 1.29 is 22.7 Å². The highest BCUT2D eigenvalue weighted by Crippen LogP contribution is 2.38. The van der Waals surface area contributed by atoms with Crippen molar-refractivity contribution >= 4 is 21.6 Å². The van der Waals surface area contributed by atoms with Crippen LogP contribution in [0.25, 0.3) is 0 Å². The lowest BCUT2D eigenvalue weighted by Gasteiger charge is -2.27. The van der Waals surface area contributed by atoms with Crippen molar-refractivity contribution in [1.82, 2.24) is 4.90 Å². The molecule has 34 heavy (non-hydrogen) atoms. The SMILES string of the molecule is CN(c1ccccc1)S(=O)(=O)c1ccc(C(=O)N2CCC[C@@H]2c2ccc3c(c2)OCCO3)cc1. The zero-order chi connectivity index (χ0) is 23.7. The molecule has 0 N–H and O–H groups in total. The Kier molecular flexibility index (Phi) is 5.91. The predicted octanol–water partition coefficient (Wildman–Crippen LogP) is 4.26. The van der Waals surface area contributed by atoms with Crippen LogP contribution in [0.15, 0.2) is 77.7 Å². The summed E-state index contributed by atoms with van der Waals surface area (Å²) >= 11 is 0. The Balaban J connectivity index is 1.35. The lowest BCUT2D eigenvalue weighted by atomic mass is 10.0. The van der Waals surface area contributed by atoms with Crippen LogP contribution < -0.4 is 13.8 Å². The van der Waals surface area contributed by atoms with E-state index in [1.807, 2.05) is 29.2 Å². The number of anilines is 1. The molecule has 2 heterocycles. The van der Waals surface area contributed by atoms with Gasteiger partial charge in [0.15, 0.2) is 11.5 Å². The summed E-state index contributed by atoms with van der Waals surface area (Å²) in [5, 5.41) is 0. The summed E-state index contributed by atoms with van der Waals surface area (Å²) in [5.41, 5.74) is 2.05. The van der Waals surface area contributed by atoms with Gasteiger partial charge in [-0.05, 0) is 66.9 Å². The van der Waals surface area contributed by atoms with E-state index in [1.165, 1.54) is 23.5 Å². The number of likely N-dealkylation sites (tertiary alicyclic amines) is 1. The summed E-state index contributed by atoms with van der Waals surface area (Å²) in [4.78, 5) is 15.3. The summed E-state index contributed by atoms with van der Waals surface area (Å²) in [6.07, 6.45) is 1.76. The largest absolute Gasteiger partial charge is 0.486 e. The third-order valence-corrected chi connectivity index (χ3v) is 8.14. The average Bonchev–Trinajstić information content (AvgIpc) is 3.38. The number of ether oxygens (including phenoxy) is 2. The van der Waals surface area contributed by atoms with Crippen molar-refractivity contribution in [2.45, 2.75) is 23.8 Å². The van der Waals surface area contributed by atoms with Gasteiger partial charge in [-0.25, -0.2) is 8.42 Å². The number of fused-ring (bicyclic) bond motifs is 1. The van der Waals surface area contributed by atoms with E-state index in [0.29, 0.717) is 36.8 Å². The highest BCUT2D eigenvalue weighted by Gasteiger charge is 2.32. The van der Waals surface area contributed by atoms with Crippen LogP contribution in [0.1, 0.15) is 34.8 Å². The number of carbonyl (C=O) groups excluding carboxylic acids is 1. The molecule has 1 fully saturated rings. The number of rotatable bonds is 5. The molecule has 0 unspecified atom stereocenters. The molecule has 3 aromatic rings. The first-order chi connectivity index (χ1) is 16.4. The molecule has 7 nitrogen and oxygen atoms in total. The molecular formula is C26H26N2O5S. The number of hydrogen-bond acceptors (Lipinski definition) is 5. The normalized spacial score (nSPS) is 17.4. The van der Waals surface area contributed by atoms with E-state index in [4.69, 9.17) is 9.47 Å². The standard InChI is InChI=1S/C26H26N2O5S/c1-27(21-6-3-2-4-7-21)34(30,31)22-12-9-19(10-13-22)26(29)28-15-5-8-23(28)20-11-14-24-25(18-20)33-17-16-32-24/h2-4,6-7,9-14,18,23H,5,8,15-17H2,1H3/t23-/m1/s1. The molecule has 2 aliphatic rings. The minimum atomic E-state index is -3.73. The molecule has 0 spiro atoms. The van der Waals surface area contributed by atoms with Gasteiger partial charge >= 0.3 is 0 Å². The first-order valence-corrected chi connectivity index (χ1v) is 12.7. The van der Waals surface area contributed by atoms with E-state index in [-0.39, 0.29) is 16.8 Å². The third kappa shape index (κ3) is 4.09. The van der Waals surface area contributed by atoms with E-state index in [0.717, 1.165) is 24.2 Å². The smallest absolute Gasteiger partial charge is 0.264 e. The second-order valence-electron chi connectivity index (χ2n) is 8.39. The number of benzene rings is 3. The van der Waals surface area contributed by atoms with Crippen LogP contribution in [-0.2, 0) is 10.0 Å². The number of hydrogen-bond donors (Lipinski definition) is 0. The lowest BCUT2D eigenvalue weighted by Crippen LogP contribution is -2.31. The van der Waals surface area contributed by atoms with Gasteiger partial charge in [-0.2, -0.15) is 0 Å². The van der Waals surface area contributed by atoms with Gasteiger partial charge in [0.25, 0.3) is 15.9 Å². The van der Waals surface area contributed by atoms with Crippen molar-refractivity contribution in [1.29, 1.82) is 0 Å². The van der Waals surface area contributed by atoms with Gasteiger partial charge < -0.3 is 14.4 Å². The summed E-state index contributed by atoms with van der Waals surface area (Å²) in [6, 6.07) is 20.8. The number of carbonyl (C=O) groups is 1. The van der Waals surface area contributed by atoms with Gasteiger partial charge in [0.05, 0.1) is 16.6 Å². The second-order valence-corrected chi connectivity index (χ2v) is 10.4. The molecular weight excluding hydrogens is 452 g/mol. The highest BCUT2D eigenvalue weighted by molar-refractivity contribution is 7.92. The van der Waals surface area contributed by atoms with Crippen LogP contribution in [0.5, 0.6) is 11.5 Å². The number of sulfonamides is 1. The molecule has 1 saturated heterocycles. The minimum Gasteiger partial charge on any atom is -0.486 e. The van der Waals surface area contributed by atoms with E-state index in [9.17, 15) is 13.2 Å². The zero-order valence-electron chi connectivity index (χ0n) is 18.9. The molecule has 2 aliphatic heterocycles. The van der Waals surface area contributed by atoms with E-state index in [2.05, 4.69) is 0 Å². The Morgan fingerprint density at radius 1 is 0.941 bits per heavy atom. The molecule has 8 heteroatoms. The van der Waals surface area contributed by atoms with Crippen molar-refractivity contribution in [3.8, 4) is 11.5 Å². The summed E-state index contributed by atoms with van der Waals surface area (Å²) in [5.74, 6) is 1.32. The third-order valence-electron chi connectivity index (χ3n) is 6.34. The van der Waals surface area contributed by atoms with Crippen molar-refractivity contribution in [2.75, 3.05) is 31.1 Å². The van der Waals surface area contributed by atoms with E-state index >= 15 is 0 Å². The Morgan fingerprint density at radius 3 is 2.38 bits per heavy atom. The summed E-state index contributed by atoms with van der Waals surface area (Å²) in [7, 11) is -2.21. The zero-order valence-corrected chi connectivity index (χ0v) is 19.7. The molecule has 0 bridgehead atoms. The van der Waals surface area contributed by atoms with Crippen LogP contribution >= 0.6 is 0 Å². The van der Waals surface area contributed by atoms with Gasteiger partial charge in [0.1, 0.15) is 13.2 Å². The maximum atomic E-state index is 13.3. The first-order valence-electron chi connectivity index (χ1n) is 11.3. The van der Waals surface area contributed by atoms with Crippen molar-refractivity contribution in [3.05, 3.63) is 83.9 Å². The molecule has 5 rings (SSSR count). The molecule has 0 aromatic heterocycles. The van der Waals surface area contributed by atoms with Gasteiger partial charge in [-0.1, -0.05) is 24.3 Å². The highest BCUT2D eigenvalue weighted by atomic mass is 32.2. The summed E-state index contributed by atoms with van der Waals surface area (Å²) in [6.45, 7) is 1.69. The van der Waals surface area contributed by atoms with Gasteiger partial charge in [-0.15, -0.1) is 0 Å².